The number of rotatable bonds is 10. The molecule has 1 aliphatic rings. The van der Waals surface area contributed by atoms with Crippen LogP contribution in [-0.4, -0.2) is 59.5 Å². The molecule has 3 aromatic rings. The van der Waals surface area contributed by atoms with Crippen LogP contribution in [0.2, 0.25) is 0 Å². The molecular formula is C29H33N3O4. The molecule has 7 heteroatoms. The normalized spacial score (nSPS) is 16.0. The lowest BCUT2D eigenvalue weighted by Crippen LogP contribution is -2.46. The molecule has 1 amide bonds. The zero-order valence-electron chi connectivity index (χ0n) is 20.6. The minimum atomic E-state index is -0.896. The van der Waals surface area contributed by atoms with Crippen LogP contribution in [0.5, 0.6) is 11.5 Å². The maximum absolute atomic E-state index is 12.7. The summed E-state index contributed by atoms with van der Waals surface area (Å²) in [6.07, 6.45) is 3.27. The van der Waals surface area contributed by atoms with Crippen LogP contribution in [0.3, 0.4) is 0 Å². The number of benzene rings is 3. The van der Waals surface area contributed by atoms with Gasteiger partial charge in [0.1, 0.15) is 11.5 Å². The molecular weight excluding hydrogens is 454 g/mol. The van der Waals surface area contributed by atoms with E-state index in [-0.39, 0.29) is 18.5 Å². The number of carboxylic acid groups (broad SMARTS) is 1. The molecule has 0 aromatic heterocycles. The summed E-state index contributed by atoms with van der Waals surface area (Å²) in [7, 11) is 1.95. The highest BCUT2D eigenvalue weighted by Crippen LogP contribution is 2.24. The van der Waals surface area contributed by atoms with Gasteiger partial charge in [0, 0.05) is 24.8 Å². The predicted octanol–water partition coefficient (Wildman–Crippen LogP) is 5.10. The third kappa shape index (κ3) is 7.16. The Morgan fingerprint density at radius 2 is 1.67 bits per heavy atom. The van der Waals surface area contributed by atoms with Gasteiger partial charge in [-0.1, -0.05) is 42.8 Å². The van der Waals surface area contributed by atoms with Gasteiger partial charge in [0.05, 0.1) is 12.1 Å². The Morgan fingerprint density at radius 3 is 2.42 bits per heavy atom. The van der Waals surface area contributed by atoms with Gasteiger partial charge in [-0.25, -0.2) is 4.79 Å². The van der Waals surface area contributed by atoms with Gasteiger partial charge in [-0.15, -0.1) is 0 Å². The number of para-hydroxylation sites is 1. The molecule has 1 heterocycles. The summed E-state index contributed by atoms with van der Waals surface area (Å²) in [4.78, 5) is 28.7. The van der Waals surface area contributed by atoms with Gasteiger partial charge in [0.2, 0.25) is 5.91 Å². The van der Waals surface area contributed by atoms with E-state index in [2.05, 4.69) is 10.2 Å². The molecule has 0 radical (unpaired) electrons. The Hall–Kier alpha value is -3.68. The summed E-state index contributed by atoms with van der Waals surface area (Å²) in [5.41, 5.74) is 1.91. The molecule has 0 aliphatic carbocycles. The number of piperidine rings is 1. The van der Waals surface area contributed by atoms with E-state index in [0.717, 1.165) is 49.4 Å². The summed E-state index contributed by atoms with van der Waals surface area (Å²) in [5, 5.41) is 12.5. The molecule has 2 N–H and O–H groups in total. The van der Waals surface area contributed by atoms with Gasteiger partial charge in [0.15, 0.2) is 0 Å². The monoisotopic (exact) mass is 487 g/mol. The van der Waals surface area contributed by atoms with Gasteiger partial charge in [-0.05, 0) is 74.5 Å². The first kappa shape index (κ1) is 25.4. The SMILES string of the molecule is CN(CC(=O)Nc1ccc(Oc2ccccc2)cc1)CC1CCCCN1Cc1ccccc1C(=O)O. The third-order valence-corrected chi connectivity index (χ3v) is 6.42. The third-order valence-electron chi connectivity index (χ3n) is 6.42. The van der Waals surface area contributed by atoms with E-state index in [1.807, 2.05) is 78.7 Å². The molecule has 1 unspecified atom stereocenters. The number of amides is 1. The van der Waals surface area contributed by atoms with Gasteiger partial charge in [0.25, 0.3) is 0 Å². The summed E-state index contributed by atoms with van der Waals surface area (Å²) in [6.45, 7) is 2.55. The van der Waals surface area contributed by atoms with Gasteiger partial charge < -0.3 is 15.2 Å². The highest BCUT2D eigenvalue weighted by molar-refractivity contribution is 5.92. The summed E-state index contributed by atoms with van der Waals surface area (Å²) in [5.74, 6) is 0.498. The Morgan fingerprint density at radius 1 is 0.972 bits per heavy atom. The van der Waals surface area contributed by atoms with Gasteiger partial charge in [-0.2, -0.15) is 0 Å². The first-order valence-electron chi connectivity index (χ1n) is 12.3. The van der Waals surface area contributed by atoms with E-state index in [4.69, 9.17) is 4.74 Å². The molecule has 7 nitrogen and oxygen atoms in total. The molecule has 0 spiro atoms. The number of aromatic carboxylic acids is 1. The van der Waals surface area contributed by atoms with Crippen molar-refractivity contribution in [3.8, 4) is 11.5 Å². The summed E-state index contributed by atoms with van der Waals surface area (Å²) >= 11 is 0. The average Bonchev–Trinajstić information content (AvgIpc) is 2.87. The molecule has 4 rings (SSSR count). The topological polar surface area (TPSA) is 82.1 Å². The fourth-order valence-electron chi connectivity index (χ4n) is 4.66. The van der Waals surface area contributed by atoms with Gasteiger partial charge in [-0.3, -0.25) is 14.6 Å². The van der Waals surface area contributed by atoms with Crippen molar-refractivity contribution in [1.29, 1.82) is 0 Å². The number of hydrogen-bond donors (Lipinski definition) is 2. The van der Waals surface area contributed by atoms with Crippen molar-refractivity contribution in [3.05, 3.63) is 90.0 Å². The van der Waals surface area contributed by atoms with Crippen LogP contribution in [0.25, 0.3) is 0 Å². The molecule has 188 valence electrons. The molecule has 1 saturated heterocycles. The Balaban J connectivity index is 1.29. The lowest BCUT2D eigenvalue weighted by molar-refractivity contribution is -0.117. The van der Waals surface area contributed by atoms with E-state index >= 15 is 0 Å². The predicted molar refractivity (Wildman–Crippen MR) is 141 cm³/mol. The highest BCUT2D eigenvalue weighted by atomic mass is 16.5. The quantitative estimate of drug-likeness (QED) is 0.414. The maximum Gasteiger partial charge on any atom is 0.336 e. The maximum atomic E-state index is 12.7. The number of carbonyl (C=O) groups is 2. The summed E-state index contributed by atoms with van der Waals surface area (Å²) in [6, 6.07) is 24.4. The second kappa shape index (κ2) is 12.3. The molecule has 1 atom stereocenters. The first-order chi connectivity index (χ1) is 17.5. The van der Waals surface area contributed by atoms with Crippen molar-refractivity contribution < 1.29 is 19.4 Å². The zero-order valence-corrected chi connectivity index (χ0v) is 20.6. The number of ether oxygens (including phenoxy) is 1. The van der Waals surface area contributed by atoms with Crippen LogP contribution in [0.1, 0.15) is 35.2 Å². The number of likely N-dealkylation sites (tertiary alicyclic amines) is 1. The minimum Gasteiger partial charge on any atom is -0.478 e. The van der Waals surface area contributed by atoms with Crippen molar-refractivity contribution in [2.75, 3.05) is 32.0 Å². The fourth-order valence-corrected chi connectivity index (χ4v) is 4.66. The minimum absolute atomic E-state index is 0.0761. The first-order valence-corrected chi connectivity index (χ1v) is 12.3. The number of anilines is 1. The fraction of sp³-hybridized carbons (Fsp3) is 0.310. The van der Waals surface area contributed by atoms with E-state index in [1.165, 1.54) is 0 Å². The zero-order chi connectivity index (χ0) is 25.3. The second-order valence-corrected chi connectivity index (χ2v) is 9.27. The summed E-state index contributed by atoms with van der Waals surface area (Å²) < 4.78 is 5.80. The van der Waals surface area contributed by atoms with E-state index in [1.54, 1.807) is 12.1 Å². The highest BCUT2D eigenvalue weighted by Gasteiger charge is 2.25. The Labute approximate surface area is 212 Å². The molecule has 0 saturated carbocycles. The largest absolute Gasteiger partial charge is 0.478 e. The van der Waals surface area contributed by atoms with Crippen LogP contribution in [-0.2, 0) is 11.3 Å². The van der Waals surface area contributed by atoms with Crippen molar-refractivity contribution in [3.63, 3.8) is 0 Å². The number of carbonyl (C=O) groups excluding carboxylic acids is 1. The van der Waals surface area contributed by atoms with Crippen molar-refractivity contribution in [1.82, 2.24) is 9.80 Å². The second-order valence-electron chi connectivity index (χ2n) is 9.27. The molecule has 1 fully saturated rings. The Bertz CT molecular complexity index is 1150. The van der Waals surface area contributed by atoms with Crippen LogP contribution >= 0.6 is 0 Å². The average molecular weight is 488 g/mol. The molecule has 36 heavy (non-hydrogen) atoms. The van der Waals surface area contributed by atoms with E-state index < -0.39 is 5.97 Å². The lowest BCUT2D eigenvalue weighted by Gasteiger charge is -2.38. The van der Waals surface area contributed by atoms with Crippen molar-refractivity contribution >= 4 is 17.6 Å². The Kier molecular flexibility index (Phi) is 8.71. The van der Waals surface area contributed by atoms with Crippen LogP contribution in [0, 0.1) is 0 Å². The standard InChI is InChI=1S/C29H33N3O4/c1-31(20-24-10-7-8-18-32(24)19-22-9-5-6-13-27(22)29(34)35)21-28(33)30-23-14-16-26(17-15-23)36-25-11-3-2-4-12-25/h2-6,9,11-17,24H,7-8,10,18-21H2,1H3,(H,30,33)(H,34,35). The lowest BCUT2D eigenvalue weighted by atomic mass is 9.99. The smallest absolute Gasteiger partial charge is 0.336 e. The number of carboxylic acids is 1. The van der Waals surface area contributed by atoms with Crippen molar-refractivity contribution in [2.45, 2.75) is 31.8 Å². The number of hydrogen-bond acceptors (Lipinski definition) is 5. The van der Waals surface area contributed by atoms with Crippen LogP contribution < -0.4 is 10.1 Å². The van der Waals surface area contributed by atoms with E-state index in [9.17, 15) is 14.7 Å². The van der Waals surface area contributed by atoms with E-state index in [0.29, 0.717) is 17.9 Å². The van der Waals surface area contributed by atoms with Crippen molar-refractivity contribution in [2.24, 2.45) is 0 Å². The number of nitrogens with zero attached hydrogens (tertiary/aromatic N) is 2. The number of nitrogens with one attached hydrogen (secondary N) is 1. The molecule has 3 aromatic carbocycles. The molecule has 0 bridgehead atoms. The molecule has 1 aliphatic heterocycles. The van der Waals surface area contributed by atoms with Gasteiger partial charge >= 0.3 is 5.97 Å². The van der Waals surface area contributed by atoms with Crippen LogP contribution in [0.4, 0.5) is 5.69 Å². The van der Waals surface area contributed by atoms with Crippen LogP contribution in [0.15, 0.2) is 78.9 Å². The number of likely N-dealkylation sites (N-methyl/N-ethyl adjacent to an activating group) is 1.